The molecular formula is C23H16N4O7. The first-order valence-electron chi connectivity index (χ1n) is 10.0. The largest absolute Gasteiger partial charge is 0.324 e. The van der Waals surface area contributed by atoms with Gasteiger partial charge in [0.1, 0.15) is 6.04 Å². The van der Waals surface area contributed by atoms with E-state index in [4.69, 9.17) is 0 Å². The Morgan fingerprint density at radius 3 is 1.97 bits per heavy atom. The van der Waals surface area contributed by atoms with Gasteiger partial charge in [-0.3, -0.25) is 39.5 Å². The Labute approximate surface area is 191 Å². The molecule has 0 saturated carbocycles. The van der Waals surface area contributed by atoms with Crippen LogP contribution in [-0.4, -0.2) is 38.5 Å². The molecule has 0 aliphatic carbocycles. The van der Waals surface area contributed by atoms with Gasteiger partial charge in [-0.25, -0.2) is 0 Å². The molecule has 0 radical (unpaired) electrons. The van der Waals surface area contributed by atoms with Gasteiger partial charge in [0.15, 0.2) is 0 Å². The van der Waals surface area contributed by atoms with Gasteiger partial charge in [0.25, 0.3) is 23.2 Å². The van der Waals surface area contributed by atoms with Crippen molar-refractivity contribution in [2.45, 2.75) is 12.5 Å². The molecule has 0 spiro atoms. The van der Waals surface area contributed by atoms with Crippen LogP contribution in [0.3, 0.4) is 0 Å². The van der Waals surface area contributed by atoms with Gasteiger partial charge in [0.2, 0.25) is 5.91 Å². The number of amides is 3. The van der Waals surface area contributed by atoms with E-state index < -0.39 is 33.6 Å². The molecule has 3 amide bonds. The van der Waals surface area contributed by atoms with Crippen molar-refractivity contribution in [2.24, 2.45) is 0 Å². The quantitative estimate of drug-likeness (QED) is 0.322. The third-order valence-corrected chi connectivity index (χ3v) is 5.34. The maximum atomic E-state index is 13.3. The van der Waals surface area contributed by atoms with Crippen LogP contribution < -0.4 is 5.32 Å². The topological polar surface area (TPSA) is 153 Å². The van der Waals surface area contributed by atoms with Crippen LogP contribution in [-0.2, 0) is 11.2 Å². The Morgan fingerprint density at radius 2 is 1.41 bits per heavy atom. The first-order valence-corrected chi connectivity index (χ1v) is 10.0. The number of rotatable bonds is 7. The van der Waals surface area contributed by atoms with Crippen molar-refractivity contribution in [3.8, 4) is 0 Å². The lowest BCUT2D eigenvalue weighted by atomic mass is 10.0. The average Bonchev–Trinajstić information content (AvgIpc) is 3.08. The molecular weight excluding hydrogens is 444 g/mol. The van der Waals surface area contributed by atoms with Gasteiger partial charge in [0.05, 0.1) is 21.0 Å². The summed E-state index contributed by atoms with van der Waals surface area (Å²) in [5.41, 5.74) is 0.507. The number of anilines is 1. The Bertz CT molecular complexity index is 1300. The molecule has 0 bridgehead atoms. The summed E-state index contributed by atoms with van der Waals surface area (Å²) in [6, 6.07) is 15.5. The van der Waals surface area contributed by atoms with Crippen LogP contribution in [0, 0.1) is 20.2 Å². The van der Waals surface area contributed by atoms with Gasteiger partial charge in [-0.15, -0.1) is 0 Å². The SMILES string of the molecule is O=C(Nc1cccc([N+](=O)[O-])c1)C(Cc1ccc([N+](=O)[O-])cc1)N1C(=O)c2ccccc2C1=O. The van der Waals surface area contributed by atoms with E-state index in [0.717, 1.165) is 11.0 Å². The van der Waals surface area contributed by atoms with Crippen LogP contribution in [0.1, 0.15) is 26.3 Å². The Kier molecular flexibility index (Phi) is 5.83. The second-order valence-corrected chi connectivity index (χ2v) is 7.47. The highest BCUT2D eigenvalue weighted by molar-refractivity contribution is 6.23. The van der Waals surface area contributed by atoms with Gasteiger partial charge in [0, 0.05) is 36.4 Å². The van der Waals surface area contributed by atoms with Crippen LogP contribution in [0.4, 0.5) is 17.1 Å². The molecule has 11 heteroatoms. The number of nitrogens with one attached hydrogen (secondary N) is 1. The number of carbonyl (C=O) groups is 3. The second kappa shape index (κ2) is 8.90. The van der Waals surface area contributed by atoms with Gasteiger partial charge < -0.3 is 5.32 Å². The molecule has 3 aromatic carbocycles. The molecule has 1 N–H and O–H groups in total. The highest BCUT2D eigenvalue weighted by Crippen LogP contribution is 2.27. The molecule has 170 valence electrons. The lowest BCUT2D eigenvalue weighted by molar-refractivity contribution is -0.385. The molecule has 1 aliphatic rings. The number of imide groups is 1. The Balaban J connectivity index is 1.68. The summed E-state index contributed by atoms with van der Waals surface area (Å²) in [6.07, 6.45) is -0.121. The number of nitro benzene ring substituents is 2. The molecule has 1 unspecified atom stereocenters. The lowest BCUT2D eigenvalue weighted by Crippen LogP contribution is -2.48. The summed E-state index contributed by atoms with van der Waals surface area (Å²) in [4.78, 5) is 61.0. The molecule has 4 rings (SSSR count). The van der Waals surface area contributed by atoms with E-state index in [1.165, 1.54) is 54.6 Å². The zero-order chi connectivity index (χ0) is 24.4. The fourth-order valence-corrected chi connectivity index (χ4v) is 3.69. The molecule has 0 aromatic heterocycles. The summed E-state index contributed by atoms with van der Waals surface area (Å²) in [5.74, 6) is -2.04. The Morgan fingerprint density at radius 1 is 0.824 bits per heavy atom. The predicted molar refractivity (Wildman–Crippen MR) is 119 cm³/mol. The molecule has 1 aliphatic heterocycles. The molecule has 1 heterocycles. The second-order valence-electron chi connectivity index (χ2n) is 7.47. The van der Waals surface area contributed by atoms with Crippen LogP contribution in [0.2, 0.25) is 0 Å². The molecule has 3 aromatic rings. The van der Waals surface area contributed by atoms with Crippen molar-refractivity contribution in [3.63, 3.8) is 0 Å². The van der Waals surface area contributed by atoms with Crippen molar-refractivity contribution in [1.29, 1.82) is 0 Å². The Hall–Kier alpha value is -4.93. The maximum absolute atomic E-state index is 13.3. The zero-order valence-corrected chi connectivity index (χ0v) is 17.4. The normalized spacial score (nSPS) is 13.4. The van der Waals surface area contributed by atoms with E-state index >= 15 is 0 Å². The van der Waals surface area contributed by atoms with Crippen LogP contribution in [0.25, 0.3) is 0 Å². The molecule has 1 atom stereocenters. The first kappa shape index (κ1) is 22.3. The molecule has 34 heavy (non-hydrogen) atoms. The van der Waals surface area contributed by atoms with Crippen molar-refractivity contribution in [1.82, 2.24) is 4.90 Å². The lowest BCUT2D eigenvalue weighted by Gasteiger charge is -2.25. The van der Waals surface area contributed by atoms with Crippen LogP contribution in [0.15, 0.2) is 72.8 Å². The summed E-state index contributed by atoms with van der Waals surface area (Å²) < 4.78 is 0. The number of non-ortho nitro benzene ring substituents is 2. The monoisotopic (exact) mass is 460 g/mol. The number of carbonyl (C=O) groups excluding carboxylic acids is 3. The number of hydrogen-bond donors (Lipinski definition) is 1. The third kappa shape index (κ3) is 4.21. The van der Waals surface area contributed by atoms with E-state index in [-0.39, 0.29) is 34.6 Å². The molecule has 11 nitrogen and oxygen atoms in total. The number of benzene rings is 3. The smallest absolute Gasteiger partial charge is 0.271 e. The minimum absolute atomic E-state index is 0.115. The average molecular weight is 460 g/mol. The number of nitro groups is 2. The first-order chi connectivity index (χ1) is 16.3. The van der Waals surface area contributed by atoms with E-state index in [1.54, 1.807) is 12.1 Å². The van der Waals surface area contributed by atoms with Gasteiger partial charge >= 0.3 is 0 Å². The van der Waals surface area contributed by atoms with E-state index in [2.05, 4.69) is 5.32 Å². The fourth-order valence-electron chi connectivity index (χ4n) is 3.69. The standard InChI is InChI=1S/C23H16N4O7/c28-21(24-15-4-3-5-17(13-15)27(33)34)20(12-14-8-10-16(11-9-14)26(31)32)25-22(29)18-6-1-2-7-19(18)23(25)30/h1-11,13,20H,12H2,(H,24,28). The summed E-state index contributed by atoms with van der Waals surface area (Å²) in [5, 5.41) is 24.5. The van der Waals surface area contributed by atoms with Crippen LogP contribution in [0.5, 0.6) is 0 Å². The fraction of sp³-hybridized carbons (Fsp3) is 0.0870. The molecule has 0 fully saturated rings. The minimum atomic E-state index is -1.31. The highest BCUT2D eigenvalue weighted by Gasteiger charge is 2.42. The highest BCUT2D eigenvalue weighted by atomic mass is 16.6. The van der Waals surface area contributed by atoms with Gasteiger partial charge in [-0.1, -0.05) is 30.3 Å². The predicted octanol–water partition coefficient (Wildman–Crippen LogP) is 3.35. The van der Waals surface area contributed by atoms with Crippen molar-refractivity contribution < 1.29 is 24.2 Å². The molecule has 0 saturated heterocycles. The van der Waals surface area contributed by atoms with Crippen LogP contribution >= 0.6 is 0 Å². The van der Waals surface area contributed by atoms with E-state index in [0.29, 0.717) is 5.56 Å². The summed E-state index contributed by atoms with van der Waals surface area (Å²) in [7, 11) is 0. The van der Waals surface area contributed by atoms with Crippen molar-refractivity contribution in [3.05, 3.63) is 110 Å². The number of fused-ring (bicyclic) bond motifs is 1. The maximum Gasteiger partial charge on any atom is 0.271 e. The number of hydrogen-bond acceptors (Lipinski definition) is 7. The van der Waals surface area contributed by atoms with E-state index in [9.17, 15) is 34.6 Å². The number of nitrogens with zero attached hydrogens (tertiary/aromatic N) is 3. The van der Waals surface area contributed by atoms with Gasteiger partial charge in [-0.2, -0.15) is 0 Å². The van der Waals surface area contributed by atoms with E-state index in [1.807, 2.05) is 0 Å². The third-order valence-electron chi connectivity index (χ3n) is 5.34. The summed E-state index contributed by atoms with van der Waals surface area (Å²) in [6.45, 7) is 0. The van der Waals surface area contributed by atoms with Crippen molar-refractivity contribution in [2.75, 3.05) is 5.32 Å². The van der Waals surface area contributed by atoms with Crippen molar-refractivity contribution >= 4 is 34.8 Å². The minimum Gasteiger partial charge on any atom is -0.324 e. The zero-order valence-electron chi connectivity index (χ0n) is 17.4. The summed E-state index contributed by atoms with van der Waals surface area (Å²) >= 11 is 0. The van der Waals surface area contributed by atoms with Gasteiger partial charge in [-0.05, 0) is 23.8 Å².